The zero-order chi connectivity index (χ0) is 18.4. The Hall–Kier alpha value is -1.78. The van der Waals surface area contributed by atoms with Crippen LogP contribution in [0.2, 0.25) is 0 Å². The molecule has 138 valence electrons. The Morgan fingerprint density at radius 3 is 2.60 bits per heavy atom. The van der Waals surface area contributed by atoms with Gasteiger partial charge < -0.3 is 14.6 Å². The number of nitrogens with zero attached hydrogens (tertiary/aromatic N) is 4. The highest BCUT2D eigenvalue weighted by atomic mass is 32.2. The van der Waals surface area contributed by atoms with E-state index in [-0.39, 0.29) is 42.3 Å². The molecule has 2 aromatic heterocycles. The lowest BCUT2D eigenvalue weighted by Crippen LogP contribution is -2.34. The number of β-amino-alcohol motifs (C(OH)–C–C–N with tert-alkyl or cyclic N) is 1. The van der Waals surface area contributed by atoms with E-state index in [2.05, 4.69) is 20.1 Å². The zero-order valence-corrected chi connectivity index (χ0v) is 15.5. The van der Waals surface area contributed by atoms with Gasteiger partial charge in [-0.3, -0.25) is 0 Å². The van der Waals surface area contributed by atoms with Gasteiger partial charge in [0.25, 0.3) is 15.9 Å². The number of aromatic nitrogens is 4. The number of nitrogens with one attached hydrogen (secondary N) is 1. The highest BCUT2D eigenvalue weighted by Gasteiger charge is 2.47. The van der Waals surface area contributed by atoms with Gasteiger partial charge in [-0.2, -0.15) is 9.29 Å². The summed E-state index contributed by atoms with van der Waals surface area (Å²) in [5.41, 5.74) is -1.48. The van der Waals surface area contributed by atoms with Gasteiger partial charge in [0, 0.05) is 24.8 Å². The van der Waals surface area contributed by atoms with Crippen LogP contribution in [0, 0.1) is 0 Å². The molecule has 1 aliphatic rings. The van der Waals surface area contributed by atoms with E-state index in [1.54, 1.807) is 0 Å². The van der Waals surface area contributed by atoms with Crippen molar-refractivity contribution in [3.63, 3.8) is 0 Å². The minimum absolute atomic E-state index is 0.0221. The van der Waals surface area contributed by atoms with Crippen LogP contribution in [-0.2, 0) is 15.6 Å². The predicted octanol–water partition coefficient (Wildman–Crippen LogP) is 1.32. The lowest BCUT2D eigenvalue weighted by atomic mass is 10.0. The summed E-state index contributed by atoms with van der Waals surface area (Å²) < 4.78 is 31.9. The van der Waals surface area contributed by atoms with Crippen molar-refractivity contribution in [1.82, 2.24) is 24.4 Å². The topological polar surface area (TPSA) is 125 Å². The van der Waals surface area contributed by atoms with Gasteiger partial charge in [-0.15, -0.1) is 0 Å². The van der Waals surface area contributed by atoms with E-state index in [0.717, 1.165) is 0 Å². The SMILES string of the molecule is CC(C)c1noc([C@@]2(O)CCN(S(=O)(=O)c3cnc(C(C)C)[nH]3)C2)n1. The molecule has 10 heteroatoms. The van der Waals surface area contributed by atoms with E-state index >= 15 is 0 Å². The maximum atomic E-state index is 12.8. The summed E-state index contributed by atoms with van der Waals surface area (Å²) >= 11 is 0. The van der Waals surface area contributed by atoms with Gasteiger partial charge in [-0.05, 0) is 0 Å². The van der Waals surface area contributed by atoms with Crippen molar-refractivity contribution in [1.29, 1.82) is 0 Å². The quantitative estimate of drug-likeness (QED) is 0.814. The molecule has 0 unspecified atom stereocenters. The largest absolute Gasteiger partial charge is 0.379 e. The van der Waals surface area contributed by atoms with E-state index in [9.17, 15) is 13.5 Å². The third-order valence-electron chi connectivity index (χ3n) is 4.31. The summed E-state index contributed by atoms with van der Waals surface area (Å²) in [4.78, 5) is 11.2. The van der Waals surface area contributed by atoms with Crippen LogP contribution < -0.4 is 0 Å². The van der Waals surface area contributed by atoms with E-state index in [0.29, 0.717) is 11.6 Å². The molecule has 0 aromatic carbocycles. The average molecular weight is 369 g/mol. The molecule has 2 N–H and O–H groups in total. The lowest BCUT2D eigenvalue weighted by Gasteiger charge is -2.19. The standard InChI is InChI=1S/C15H23N5O4S/c1-9(2)12-16-7-11(17-12)25(22,23)20-6-5-15(21,8-20)14-18-13(10(3)4)19-24-14/h7,9-10,21H,5-6,8H2,1-4H3,(H,16,17)/t15-/m1/s1. The molecule has 0 radical (unpaired) electrons. The van der Waals surface area contributed by atoms with Crippen LogP contribution in [0.15, 0.2) is 15.7 Å². The number of aliphatic hydroxyl groups is 1. The van der Waals surface area contributed by atoms with Crippen LogP contribution >= 0.6 is 0 Å². The highest BCUT2D eigenvalue weighted by Crippen LogP contribution is 2.34. The molecule has 3 rings (SSSR count). The molecular weight excluding hydrogens is 346 g/mol. The number of hydrogen-bond donors (Lipinski definition) is 2. The summed E-state index contributed by atoms with van der Waals surface area (Å²) in [7, 11) is -3.77. The summed E-state index contributed by atoms with van der Waals surface area (Å²) in [6.07, 6.45) is 1.50. The number of rotatable bonds is 5. The summed E-state index contributed by atoms with van der Waals surface area (Å²) in [6, 6.07) is 0. The van der Waals surface area contributed by atoms with Gasteiger partial charge in [0.15, 0.2) is 16.5 Å². The summed E-state index contributed by atoms with van der Waals surface area (Å²) in [5.74, 6) is 1.29. The van der Waals surface area contributed by atoms with Crippen molar-refractivity contribution in [3.8, 4) is 0 Å². The van der Waals surface area contributed by atoms with E-state index < -0.39 is 15.6 Å². The van der Waals surface area contributed by atoms with Gasteiger partial charge >= 0.3 is 0 Å². The second kappa shape index (κ2) is 6.19. The Morgan fingerprint density at radius 1 is 1.32 bits per heavy atom. The molecule has 0 spiro atoms. The van der Waals surface area contributed by atoms with Crippen LogP contribution in [-0.4, -0.2) is 51.0 Å². The number of hydrogen-bond acceptors (Lipinski definition) is 7. The fraction of sp³-hybridized carbons (Fsp3) is 0.667. The maximum Gasteiger partial charge on any atom is 0.260 e. The Morgan fingerprint density at radius 2 is 2.04 bits per heavy atom. The number of aromatic amines is 1. The van der Waals surface area contributed by atoms with Crippen molar-refractivity contribution in [3.05, 3.63) is 23.7 Å². The fourth-order valence-electron chi connectivity index (χ4n) is 2.68. The fourth-order valence-corrected chi connectivity index (χ4v) is 4.09. The Balaban J connectivity index is 1.82. The van der Waals surface area contributed by atoms with E-state index in [1.807, 2.05) is 27.7 Å². The molecule has 9 nitrogen and oxygen atoms in total. The molecule has 2 aromatic rings. The molecule has 0 saturated carbocycles. The second-order valence-corrected chi connectivity index (χ2v) is 8.93. The smallest absolute Gasteiger partial charge is 0.260 e. The van der Waals surface area contributed by atoms with Crippen LogP contribution in [0.25, 0.3) is 0 Å². The van der Waals surface area contributed by atoms with E-state index in [4.69, 9.17) is 4.52 Å². The van der Waals surface area contributed by atoms with E-state index in [1.165, 1.54) is 10.5 Å². The van der Waals surface area contributed by atoms with Gasteiger partial charge in [-0.25, -0.2) is 13.4 Å². The summed E-state index contributed by atoms with van der Waals surface area (Å²) in [6.45, 7) is 7.69. The monoisotopic (exact) mass is 369 g/mol. The Kier molecular flexibility index (Phi) is 4.46. The first-order valence-electron chi connectivity index (χ1n) is 8.25. The molecule has 3 heterocycles. The normalized spacial score (nSPS) is 22.4. The first kappa shape index (κ1) is 18.0. The van der Waals surface area contributed by atoms with Crippen LogP contribution in [0.3, 0.4) is 0 Å². The zero-order valence-electron chi connectivity index (χ0n) is 14.7. The first-order chi connectivity index (χ1) is 11.6. The molecule has 0 bridgehead atoms. The maximum absolute atomic E-state index is 12.8. The average Bonchev–Trinajstić information content (AvgIpc) is 3.26. The molecular formula is C15H23N5O4S. The van der Waals surface area contributed by atoms with Crippen molar-refractivity contribution in [2.45, 2.75) is 56.6 Å². The Bertz CT molecular complexity index is 857. The molecule has 0 amide bonds. The van der Waals surface area contributed by atoms with Crippen molar-refractivity contribution in [2.24, 2.45) is 0 Å². The number of sulfonamides is 1. The first-order valence-corrected chi connectivity index (χ1v) is 9.69. The van der Waals surface area contributed by atoms with Crippen molar-refractivity contribution in [2.75, 3.05) is 13.1 Å². The van der Waals surface area contributed by atoms with Gasteiger partial charge in [0.05, 0.1) is 12.7 Å². The van der Waals surface area contributed by atoms with Gasteiger partial charge in [0.1, 0.15) is 5.82 Å². The third-order valence-corrected chi connectivity index (χ3v) is 6.06. The van der Waals surface area contributed by atoms with Gasteiger partial charge in [0.2, 0.25) is 0 Å². The van der Waals surface area contributed by atoms with Crippen molar-refractivity contribution < 1.29 is 18.0 Å². The highest BCUT2D eigenvalue weighted by molar-refractivity contribution is 7.89. The lowest BCUT2D eigenvalue weighted by molar-refractivity contribution is 0.0194. The second-order valence-electron chi connectivity index (χ2n) is 7.02. The summed E-state index contributed by atoms with van der Waals surface area (Å²) in [5, 5.41) is 14.7. The molecule has 25 heavy (non-hydrogen) atoms. The predicted molar refractivity (Wildman–Crippen MR) is 88.3 cm³/mol. The number of imidazole rings is 1. The molecule has 1 aliphatic heterocycles. The van der Waals surface area contributed by atoms with Crippen LogP contribution in [0.5, 0.6) is 0 Å². The minimum Gasteiger partial charge on any atom is -0.379 e. The Labute approximate surface area is 146 Å². The van der Waals surface area contributed by atoms with Crippen molar-refractivity contribution >= 4 is 10.0 Å². The molecule has 1 saturated heterocycles. The number of H-pyrrole nitrogens is 1. The van der Waals surface area contributed by atoms with Crippen LogP contribution in [0.1, 0.15) is 63.5 Å². The molecule has 1 atom stereocenters. The minimum atomic E-state index is -3.77. The van der Waals surface area contributed by atoms with Gasteiger partial charge in [-0.1, -0.05) is 32.9 Å². The van der Waals surface area contributed by atoms with Crippen LogP contribution in [0.4, 0.5) is 0 Å². The molecule has 1 fully saturated rings. The third kappa shape index (κ3) is 3.21. The molecule has 0 aliphatic carbocycles.